The lowest BCUT2D eigenvalue weighted by Crippen LogP contribution is -2.34. The number of allylic oxidation sites excluding steroid dienone is 1. The van der Waals surface area contributed by atoms with Crippen molar-refractivity contribution >= 4 is 11.7 Å². The van der Waals surface area contributed by atoms with Crippen LogP contribution in [0.3, 0.4) is 0 Å². The van der Waals surface area contributed by atoms with Gasteiger partial charge in [0, 0.05) is 57.6 Å². The van der Waals surface area contributed by atoms with Gasteiger partial charge in [0.1, 0.15) is 5.82 Å². The van der Waals surface area contributed by atoms with Crippen molar-refractivity contribution in [3.05, 3.63) is 94.3 Å². The van der Waals surface area contributed by atoms with Gasteiger partial charge in [-0.2, -0.15) is 26.3 Å². The number of hydrogen-bond donors (Lipinski definition) is 0. The Morgan fingerprint density at radius 3 is 2.10 bits per heavy atom. The summed E-state index contributed by atoms with van der Waals surface area (Å²) in [6.07, 6.45) is -4.85. The molecule has 0 atom stereocenters. The van der Waals surface area contributed by atoms with E-state index in [4.69, 9.17) is 4.98 Å². The first-order valence-corrected chi connectivity index (χ1v) is 16.8. The van der Waals surface area contributed by atoms with E-state index in [1.54, 1.807) is 18.7 Å². The van der Waals surface area contributed by atoms with Gasteiger partial charge >= 0.3 is 12.4 Å². The SMILES string of the molecule is C=C(C)N(CCCCCCc1nc(N2CCCN(C(C)=O)CC2)cc(-c2ccccc2C)c1C)Cc1cc(C(F)(F)F)cc(C(F)(F)F)c1. The lowest BCUT2D eigenvalue weighted by molar-refractivity contribution is -0.143. The maximum Gasteiger partial charge on any atom is 0.416 e. The monoisotopic (exact) mass is 688 g/mol. The van der Waals surface area contributed by atoms with E-state index in [1.807, 2.05) is 17.0 Å². The van der Waals surface area contributed by atoms with Crippen LogP contribution in [0.4, 0.5) is 32.2 Å². The zero-order chi connectivity index (χ0) is 35.9. The predicted molar refractivity (Wildman–Crippen MR) is 182 cm³/mol. The summed E-state index contributed by atoms with van der Waals surface area (Å²) in [4.78, 5) is 23.0. The number of carbonyl (C=O) groups excluding carboxylic acids is 1. The minimum absolute atomic E-state index is 0.0607. The second-order valence-electron chi connectivity index (χ2n) is 13.0. The smallest absolute Gasteiger partial charge is 0.371 e. The van der Waals surface area contributed by atoms with Crippen molar-refractivity contribution in [3.63, 3.8) is 0 Å². The Morgan fingerprint density at radius 2 is 1.49 bits per heavy atom. The third-order valence-corrected chi connectivity index (χ3v) is 9.21. The number of pyridine rings is 1. The van der Waals surface area contributed by atoms with E-state index in [9.17, 15) is 31.1 Å². The topological polar surface area (TPSA) is 39.7 Å². The molecule has 1 aromatic heterocycles. The van der Waals surface area contributed by atoms with Gasteiger partial charge in [0.25, 0.3) is 0 Å². The maximum absolute atomic E-state index is 13.4. The molecule has 4 rings (SSSR count). The van der Waals surface area contributed by atoms with Gasteiger partial charge in [-0.3, -0.25) is 4.79 Å². The lowest BCUT2D eigenvalue weighted by Gasteiger charge is -2.26. The zero-order valence-corrected chi connectivity index (χ0v) is 28.8. The van der Waals surface area contributed by atoms with Gasteiger partial charge in [0.15, 0.2) is 0 Å². The third-order valence-electron chi connectivity index (χ3n) is 9.21. The number of aromatic nitrogens is 1. The van der Waals surface area contributed by atoms with Crippen LogP contribution in [0.15, 0.2) is 60.8 Å². The predicted octanol–water partition coefficient (Wildman–Crippen LogP) is 9.60. The molecule has 0 spiro atoms. The molecular formula is C38H46F6N4O. The highest BCUT2D eigenvalue weighted by molar-refractivity contribution is 5.74. The molecule has 0 aliphatic carbocycles. The fraction of sp³-hybridized carbons (Fsp3) is 0.474. The van der Waals surface area contributed by atoms with Gasteiger partial charge in [-0.25, -0.2) is 4.98 Å². The number of anilines is 1. The molecule has 3 aromatic rings. The van der Waals surface area contributed by atoms with Crippen LogP contribution in [-0.4, -0.2) is 53.4 Å². The van der Waals surface area contributed by atoms with Crippen molar-refractivity contribution < 1.29 is 31.1 Å². The van der Waals surface area contributed by atoms with Crippen LogP contribution in [0, 0.1) is 13.8 Å². The van der Waals surface area contributed by atoms with Crippen molar-refractivity contribution in [2.24, 2.45) is 0 Å². The number of benzene rings is 2. The zero-order valence-electron chi connectivity index (χ0n) is 28.8. The molecule has 5 nitrogen and oxygen atoms in total. The Labute approximate surface area is 285 Å². The number of alkyl halides is 6. The number of aryl methyl sites for hydroxylation is 2. The number of amides is 1. The minimum Gasteiger partial charge on any atom is -0.371 e. The molecule has 0 saturated carbocycles. The number of unbranched alkanes of at least 4 members (excludes halogenated alkanes) is 3. The molecule has 1 aliphatic rings. The molecule has 2 heterocycles. The fourth-order valence-electron chi connectivity index (χ4n) is 6.35. The van der Waals surface area contributed by atoms with E-state index in [0.717, 1.165) is 85.5 Å². The average Bonchev–Trinajstić information content (AvgIpc) is 3.29. The van der Waals surface area contributed by atoms with E-state index < -0.39 is 23.5 Å². The summed E-state index contributed by atoms with van der Waals surface area (Å²) in [5, 5.41) is 0. The number of carbonyl (C=O) groups is 1. The van der Waals surface area contributed by atoms with Gasteiger partial charge < -0.3 is 14.7 Å². The van der Waals surface area contributed by atoms with Gasteiger partial charge in [0.2, 0.25) is 5.91 Å². The van der Waals surface area contributed by atoms with Crippen LogP contribution in [0.2, 0.25) is 0 Å². The Balaban J connectivity index is 1.42. The molecule has 0 N–H and O–H groups in total. The Hall–Kier alpha value is -4.02. The Kier molecular flexibility index (Phi) is 12.4. The molecule has 0 radical (unpaired) electrons. The highest BCUT2D eigenvalue weighted by Gasteiger charge is 2.37. The molecule has 11 heteroatoms. The van der Waals surface area contributed by atoms with Crippen molar-refractivity contribution in [2.75, 3.05) is 37.6 Å². The third kappa shape index (κ3) is 10.2. The maximum atomic E-state index is 13.4. The highest BCUT2D eigenvalue weighted by Crippen LogP contribution is 2.37. The summed E-state index contributed by atoms with van der Waals surface area (Å²) in [5.41, 5.74) is 3.52. The lowest BCUT2D eigenvalue weighted by atomic mass is 9.94. The summed E-state index contributed by atoms with van der Waals surface area (Å²) in [5.74, 6) is 0.988. The molecule has 1 fully saturated rings. The number of hydrogen-bond acceptors (Lipinski definition) is 4. The average molecular weight is 689 g/mol. The molecule has 266 valence electrons. The normalized spacial score (nSPS) is 14.2. The van der Waals surface area contributed by atoms with Crippen LogP contribution in [0.5, 0.6) is 0 Å². The van der Waals surface area contributed by atoms with Crippen LogP contribution < -0.4 is 4.90 Å². The first-order valence-electron chi connectivity index (χ1n) is 16.8. The standard InChI is InChI=1S/C38H46F6N4O/c1-26(2)48(25-30-21-31(37(39,40)41)23-32(22-30)38(42,43)44)16-11-7-6-8-15-35-28(4)34(33-14-10-9-13-27(33)3)24-36(45-35)47-18-12-17-46(19-20-47)29(5)49/h9-10,13-14,21-24H,1,6-8,11-12,15-20,25H2,2-5H3. The van der Waals surface area contributed by atoms with Crippen LogP contribution >= 0.6 is 0 Å². The molecule has 2 aromatic carbocycles. The number of nitrogens with zero attached hydrogens (tertiary/aromatic N) is 4. The summed E-state index contributed by atoms with van der Waals surface area (Å²) in [7, 11) is 0. The van der Waals surface area contributed by atoms with Crippen LogP contribution in [0.25, 0.3) is 11.1 Å². The van der Waals surface area contributed by atoms with Gasteiger partial charge in [-0.05, 0) is 98.5 Å². The van der Waals surface area contributed by atoms with Crippen molar-refractivity contribution in [2.45, 2.75) is 85.1 Å². The summed E-state index contributed by atoms with van der Waals surface area (Å²) >= 11 is 0. The molecule has 1 amide bonds. The molecular weight excluding hydrogens is 642 g/mol. The van der Waals surface area contributed by atoms with E-state index >= 15 is 0 Å². The summed E-state index contributed by atoms with van der Waals surface area (Å²) in [6, 6.07) is 12.2. The number of rotatable bonds is 12. The van der Waals surface area contributed by atoms with Crippen molar-refractivity contribution in [1.82, 2.24) is 14.8 Å². The first kappa shape index (κ1) is 37.8. The molecule has 0 bridgehead atoms. The van der Waals surface area contributed by atoms with E-state index in [1.165, 1.54) is 5.56 Å². The summed E-state index contributed by atoms with van der Waals surface area (Å²) < 4.78 is 80.3. The van der Waals surface area contributed by atoms with Crippen LogP contribution in [-0.2, 0) is 30.1 Å². The Morgan fingerprint density at radius 1 is 0.837 bits per heavy atom. The van der Waals surface area contributed by atoms with Crippen molar-refractivity contribution in [1.29, 1.82) is 0 Å². The second kappa shape index (κ2) is 16.1. The van der Waals surface area contributed by atoms with Gasteiger partial charge in [0.05, 0.1) is 11.1 Å². The van der Waals surface area contributed by atoms with E-state index in [-0.39, 0.29) is 24.1 Å². The van der Waals surface area contributed by atoms with Crippen LogP contribution in [0.1, 0.15) is 79.5 Å². The first-order chi connectivity index (χ1) is 23.0. The molecule has 0 unspecified atom stereocenters. The fourth-order valence-corrected chi connectivity index (χ4v) is 6.35. The molecule has 1 saturated heterocycles. The van der Waals surface area contributed by atoms with Gasteiger partial charge in [-0.15, -0.1) is 0 Å². The Bertz CT molecular complexity index is 1580. The minimum atomic E-state index is -4.89. The molecule has 49 heavy (non-hydrogen) atoms. The number of halogens is 6. The summed E-state index contributed by atoms with van der Waals surface area (Å²) in [6.45, 7) is 14.7. The largest absolute Gasteiger partial charge is 0.416 e. The van der Waals surface area contributed by atoms with E-state index in [2.05, 4.69) is 43.5 Å². The highest BCUT2D eigenvalue weighted by atomic mass is 19.4. The van der Waals surface area contributed by atoms with Crippen molar-refractivity contribution in [3.8, 4) is 11.1 Å². The quantitative estimate of drug-likeness (QED) is 0.140. The van der Waals surface area contributed by atoms with E-state index in [0.29, 0.717) is 31.8 Å². The second-order valence-corrected chi connectivity index (χ2v) is 13.0. The molecule has 1 aliphatic heterocycles. The van der Waals surface area contributed by atoms with Gasteiger partial charge in [-0.1, -0.05) is 43.7 Å².